The van der Waals surface area contributed by atoms with Gasteiger partial charge < -0.3 is 4.57 Å². The summed E-state index contributed by atoms with van der Waals surface area (Å²) in [5, 5.41) is 0. The second kappa shape index (κ2) is 5.80. The summed E-state index contributed by atoms with van der Waals surface area (Å²) in [4.78, 5) is 9.08. The van der Waals surface area contributed by atoms with Gasteiger partial charge in [0.25, 0.3) is 0 Å². The Morgan fingerprint density at radius 3 is 2.80 bits per heavy atom. The first kappa shape index (κ1) is 14.8. The maximum atomic E-state index is 14.0. The number of rotatable bonds is 2. The molecule has 126 valence electrons. The molecule has 0 bridgehead atoms. The zero-order chi connectivity index (χ0) is 16.8. The number of imidazole rings is 1. The first-order valence-electron chi connectivity index (χ1n) is 9.11. The molecule has 0 atom stereocenters. The van der Waals surface area contributed by atoms with E-state index >= 15 is 0 Å². The molecule has 0 amide bonds. The molecular formula is C21H20FN3. The zero-order valence-electron chi connectivity index (χ0n) is 14.1. The van der Waals surface area contributed by atoms with Gasteiger partial charge in [-0.15, -0.1) is 0 Å². The van der Waals surface area contributed by atoms with Crippen LogP contribution >= 0.6 is 0 Å². The summed E-state index contributed by atoms with van der Waals surface area (Å²) in [7, 11) is 0. The van der Waals surface area contributed by atoms with Gasteiger partial charge in [0.2, 0.25) is 0 Å². The van der Waals surface area contributed by atoms with Gasteiger partial charge in [0, 0.05) is 24.2 Å². The smallest absolute Gasteiger partial charge is 0.124 e. The first-order valence-corrected chi connectivity index (χ1v) is 9.11. The lowest BCUT2D eigenvalue weighted by Gasteiger charge is -2.23. The van der Waals surface area contributed by atoms with E-state index in [1.807, 2.05) is 12.5 Å². The highest BCUT2D eigenvalue weighted by Gasteiger charge is 2.19. The highest BCUT2D eigenvalue weighted by molar-refractivity contribution is 5.90. The van der Waals surface area contributed by atoms with Crippen LogP contribution in [0.2, 0.25) is 0 Å². The van der Waals surface area contributed by atoms with Crippen molar-refractivity contribution >= 4 is 22.9 Å². The second-order valence-electron chi connectivity index (χ2n) is 7.12. The van der Waals surface area contributed by atoms with E-state index < -0.39 is 0 Å². The average molecular weight is 333 g/mol. The molecule has 3 nitrogen and oxygen atoms in total. The first-order chi connectivity index (χ1) is 12.3. The molecule has 0 N–H and O–H groups in total. The minimum Gasteiger partial charge on any atom is -0.327 e. The lowest BCUT2D eigenvalue weighted by molar-refractivity contribution is 0.359. The third-order valence-electron chi connectivity index (χ3n) is 5.54. The van der Waals surface area contributed by atoms with Gasteiger partial charge in [-0.25, -0.2) is 9.37 Å². The Labute approximate surface area is 146 Å². The third-order valence-corrected chi connectivity index (χ3v) is 5.54. The van der Waals surface area contributed by atoms with Crippen molar-refractivity contribution in [1.29, 1.82) is 0 Å². The minimum absolute atomic E-state index is 0.202. The lowest BCUT2D eigenvalue weighted by Crippen LogP contribution is -2.11. The molecule has 2 aliphatic rings. The summed E-state index contributed by atoms with van der Waals surface area (Å²) in [5.41, 5.74) is 5.85. The molecule has 2 heterocycles. The average Bonchev–Trinajstić information content (AvgIpc) is 3.27. The molecule has 1 fully saturated rings. The number of nitrogens with zero attached hydrogens (tertiary/aromatic N) is 3. The fourth-order valence-corrected chi connectivity index (χ4v) is 4.27. The summed E-state index contributed by atoms with van der Waals surface area (Å²) >= 11 is 0. The quantitative estimate of drug-likeness (QED) is 0.600. The van der Waals surface area contributed by atoms with Gasteiger partial charge in [-0.3, -0.25) is 4.99 Å². The van der Waals surface area contributed by atoms with E-state index in [2.05, 4.69) is 32.7 Å². The van der Waals surface area contributed by atoms with E-state index in [9.17, 15) is 4.39 Å². The molecule has 25 heavy (non-hydrogen) atoms. The monoisotopic (exact) mass is 333 g/mol. The third kappa shape index (κ3) is 2.48. The van der Waals surface area contributed by atoms with E-state index in [0.29, 0.717) is 12.5 Å². The van der Waals surface area contributed by atoms with Crippen LogP contribution in [0.5, 0.6) is 0 Å². The van der Waals surface area contributed by atoms with Gasteiger partial charge in [0.05, 0.1) is 23.0 Å². The summed E-state index contributed by atoms with van der Waals surface area (Å²) in [6, 6.07) is 10.0. The van der Waals surface area contributed by atoms with Crippen molar-refractivity contribution in [3.63, 3.8) is 0 Å². The van der Waals surface area contributed by atoms with Gasteiger partial charge in [0.15, 0.2) is 0 Å². The molecule has 2 aromatic carbocycles. The van der Waals surface area contributed by atoms with Crippen LogP contribution in [0.15, 0.2) is 41.7 Å². The van der Waals surface area contributed by atoms with Crippen molar-refractivity contribution in [2.75, 3.05) is 0 Å². The van der Waals surface area contributed by atoms with Crippen LogP contribution in [0.25, 0.3) is 22.2 Å². The van der Waals surface area contributed by atoms with Crippen LogP contribution in [0.3, 0.4) is 0 Å². The van der Waals surface area contributed by atoms with E-state index in [4.69, 9.17) is 0 Å². The summed E-state index contributed by atoms with van der Waals surface area (Å²) in [6.07, 6.45) is 10.9. The normalized spacial score (nSPS) is 17.3. The number of aliphatic imine (C=N–C) groups is 1. The minimum atomic E-state index is -0.202. The number of halogens is 1. The molecule has 1 aliphatic carbocycles. The van der Waals surface area contributed by atoms with Crippen LogP contribution in [0.1, 0.15) is 43.7 Å². The Bertz CT molecular complexity index is 980. The topological polar surface area (TPSA) is 30.2 Å². The summed E-state index contributed by atoms with van der Waals surface area (Å²) < 4.78 is 16.3. The maximum Gasteiger partial charge on any atom is 0.124 e. The fraction of sp³-hybridized carbons (Fsp3) is 0.333. The SMILES string of the molecule is Fc1cc2c(c(-c3ccc4c(c3)ncn4C3CCCCC3)c1)N=CC2. The Morgan fingerprint density at radius 1 is 1.04 bits per heavy atom. The molecule has 1 aromatic heterocycles. The Kier molecular flexibility index (Phi) is 3.44. The molecule has 4 heteroatoms. The molecule has 0 radical (unpaired) electrons. The van der Waals surface area contributed by atoms with Crippen LogP contribution in [-0.2, 0) is 6.42 Å². The second-order valence-corrected chi connectivity index (χ2v) is 7.12. The number of aromatic nitrogens is 2. The number of hydrogen-bond donors (Lipinski definition) is 0. The van der Waals surface area contributed by atoms with Crippen molar-refractivity contribution in [3.8, 4) is 11.1 Å². The number of fused-ring (bicyclic) bond motifs is 2. The molecule has 0 saturated heterocycles. The van der Waals surface area contributed by atoms with Crippen LogP contribution < -0.4 is 0 Å². The Balaban J connectivity index is 1.59. The molecule has 1 saturated carbocycles. The maximum absolute atomic E-state index is 14.0. The molecule has 1 aliphatic heterocycles. The van der Waals surface area contributed by atoms with Crippen molar-refractivity contribution < 1.29 is 4.39 Å². The number of hydrogen-bond acceptors (Lipinski definition) is 2. The summed E-state index contributed by atoms with van der Waals surface area (Å²) in [6.45, 7) is 0. The highest BCUT2D eigenvalue weighted by Crippen LogP contribution is 2.38. The molecule has 0 unspecified atom stereocenters. The van der Waals surface area contributed by atoms with E-state index in [-0.39, 0.29) is 5.82 Å². The van der Waals surface area contributed by atoms with Crippen molar-refractivity contribution in [2.24, 2.45) is 4.99 Å². The van der Waals surface area contributed by atoms with Gasteiger partial charge in [-0.1, -0.05) is 25.3 Å². The molecule has 3 aromatic rings. The van der Waals surface area contributed by atoms with Gasteiger partial charge in [0.1, 0.15) is 5.82 Å². The predicted octanol–water partition coefficient (Wildman–Crippen LogP) is 5.61. The lowest BCUT2D eigenvalue weighted by atomic mass is 9.95. The number of benzene rings is 2. The van der Waals surface area contributed by atoms with Crippen LogP contribution in [0, 0.1) is 5.82 Å². The van der Waals surface area contributed by atoms with E-state index in [0.717, 1.165) is 27.9 Å². The van der Waals surface area contributed by atoms with E-state index in [1.54, 1.807) is 12.1 Å². The Morgan fingerprint density at radius 2 is 1.92 bits per heavy atom. The largest absolute Gasteiger partial charge is 0.327 e. The predicted molar refractivity (Wildman–Crippen MR) is 99.1 cm³/mol. The van der Waals surface area contributed by atoms with E-state index in [1.165, 1.54) is 37.6 Å². The van der Waals surface area contributed by atoms with Gasteiger partial charge in [-0.05, 0) is 48.2 Å². The fourth-order valence-electron chi connectivity index (χ4n) is 4.27. The van der Waals surface area contributed by atoms with Gasteiger partial charge >= 0.3 is 0 Å². The van der Waals surface area contributed by atoms with Crippen molar-refractivity contribution in [3.05, 3.63) is 48.0 Å². The van der Waals surface area contributed by atoms with Gasteiger partial charge in [-0.2, -0.15) is 0 Å². The zero-order valence-corrected chi connectivity index (χ0v) is 14.1. The standard InChI is InChI=1S/C21H20FN3/c22-16-10-15-8-9-23-21(15)18(12-16)14-6-7-20-19(11-14)24-13-25(20)17-4-2-1-3-5-17/h6-7,9-13,17H,1-5,8H2. The summed E-state index contributed by atoms with van der Waals surface area (Å²) in [5.74, 6) is -0.202. The van der Waals surface area contributed by atoms with Crippen LogP contribution in [-0.4, -0.2) is 15.8 Å². The molecular weight excluding hydrogens is 313 g/mol. The van der Waals surface area contributed by atoms with Crippen molar-refractivity contribution in [1.82, 2.24) is 9.55 Å². The highest BCUT2D eigenvalue weighted by atomic mass is 19.1. The molecule has 0 spiro atoms. The van der Waals surface area contributed by atoms with Crippen LogP contribution in [0.4, 0.5) is 10.1 Å². The molecule has 5 rings (SSSR count). The van der Waals surface area contributed by atoms with Crippen molar-refractivity contribution in [2.45, 2.75) is 44.6 Å². The Hall–Kier alpha value is -2.49.